The highest BCUT2D eigenvalue weighted by Crippen LogP contribution is 2.20. The first kappa shape index (κ1) is 16.8. The molecule has 2 rings (SSSR count). The summed E-state index contributed by atoms with van der Waals surface area (Å²) in [4.78, 5) is 15.4. The van der Waals surface area contributed by atoms with Crippen molar-refractivity contribution >= 4 is 16.1 Å². The fraction of sp³-hybridized carbons (Fsp3) is 0.533. The molecule has 0 aromatic heterocycles. The molecule has 0 spiro atoms. The van der Waals surface area contributed by atoms with Crippen LogP contribution >= 0.6 is 0 Å². The number of sulfonamides is 1. The van der Waals surface area contributed by atoms with E-state index < -0.39 is 10.0 Å². The minimum Gasteiger partial charge on any atom is -0.331 e. The van der Waals surface area contributed by atoms with Crippen molar-refractivity contribution in [3.05, 3.63) is 29.3 Å². The van der Waals surface area contributed by atoms with Gasteiger partial charge in [0.15, 0.2) is 0 Å². The lowest BCUT2D eigenvalue weighted by Crippen LogP contribution is -2.52. The van der Waals surface area contributed by atoms with Gasteiger partial charge in [-0.25, -0.2) is 13.2 Å². The maximum absolute atomic E-state index is 12.7. The average Bonchev–Trinajstić information content (AvgIpc) is 2.49. The second-order valence-electron chi connectivity index (χ2n) is 5.81. The first-order valence-corrected chi connectivity index (χ1v) is 8.71. The number of hydrogen-bond donors (Lipinski definition) is 0. The molecule has 0 saturated carbocycles. The van der Waals surface area contributed by atoms with E-state index in [1.807, 2.05) is 19.9 Å². The van der Waals surface area contributed by atoms with E-state index in [4.69, 9.17) is 0 Å². The summed E-state index contributed by atoms with van der Waals surface area (Å²) in [5.74, 6) is 0. The molecule has 0 N–H and O–H groups in total. The highest BCUT2D eigenvalue weighted by molar-refractivity contribution is 7.89. The topological polar surface area (TPSA) is 60.9 Å². The van der Waals surface area contributed by atoms with E-state index in [2.05, 4.69) is 0 Å². The zero-order valence-corrected chi connectivity index (χ0v) is 14.4. The fourth-order valence-corrected chi connectivity index (χ4v) is 3.93. The predicted octanol–water partition coefficient (Wildman–Crippen LogP) is 1.29. The molecule has 0 atom stereocenters. The smallest absolute Gasteiger partial charge is 0.319 e. The van der Waals surface area contributed by atoms with Crippen LogP contribution in [-0.2, 0) is 10.0 Å². The number of carbonyl (C=O) groups excluding carboxylic acids is 1. The molecule has 0 aliphatic carbocycles. The Morgan fingerprint density at radius 2 is 1.64 bits per heavy atom. The third-order valence-corrected chi connectivity index (χ3v) is 5.90. The Kier molecular flexibility index (Phi) is 4.77. The van der Waals surface area contributed by atoms with Crippen LogP contribution in [0.25, 0.3) is 0 Å². The van der Waals surface area contributed by atoms with Crippen molar-refractivity contribution in [2.45, 2.75) is 18.7 Å². The third-order valence-electron chi connectivity index (χ3n) is 4.01. The van der Waals surface area contributed by atoms with Crippen molar-refractivity contribution in [1.82, 2.24) is 14.1 Å². The second kappa shape index (κ2) is 6.26. The summed E-state index contributed by atoms with van der Waals surface area (Å²) in [6, 6.07) is 5.11. The van der Waals surface area contributed by atoms with Crippen molar-refractivity contribution in [2.75, 3.05) is 40.3 Å². The lowest BCUT2D eigenvalue weighted by Gasteiger charge is -2.35. The van der Waals surface area contributed by atoms with Gasteiger partial charge in [0.1, 0.15) is 0 Å². The number of amides is 2. The maximum Gasteiger partial charge on any atom is 0.319 e. The molecule has 0 unspecified atom stereocenters. The molecule has 1 fully saturated rings. The van der Waals surface area contributed by atoms with Crippen LogP contribution < -0.4 is 0 Å². The van der Waals surface area contributed by atoms with Gasteiger partial charge in [-0.1, -0.05) is 6.07 Å². The van der Waals surface area contributed by atoms with E-state index in [-0.39, 0.29) is 6.03 Å². The van der Waals surface area contributed by atoms with Crippen molar-refractivity contribution < 1.29 is 13.2 Å². The van der Waals surface area contributed by atoms with Gasteiger partial charge in [-0.3, -0.25) is 0 Å². The van der Waals surface area contributed by atoms with Crippen LogP contribution in [0.5, 0.6) is 0 Å². The number of carbonyl (C=O) groups is 1. The van der Waals surface area contributed by atoms with Gasteiger partial charge in [0, 0.05) is 40.3 Å². The molecule has 0 bridgehead atoms. The zero-order chi connectivity index (χ0) is 16.5. The normalized spacial score (nSPS) is 16.6. The summed E-state index contributed by atoms with van der Waals surface area (Å²) in [6.07, 6.45) is 0. The highest BCUT2D eigenvalue weighted by Gasteiger charge is 2.30. The SMILES string of the molecule is Cc1ccc(S(=O)(=O)N2CCN(C(=O)N(C)C)CC2)cc1C. The third kappa shape index (κ3) is 3.25. The van der Waals surface area contributed by atoms with Gasteiger partial charge >= 0.3 is 6.03 Å². The minimum atomic E-state index is -3.49. The summed E-state index contributed by atoms with van der Waals surface area (Å²) in [6.45, 7) is 5.35. The Hall–Kier alpha value is -1.60. The fourth-order valence-electron chi connectivity index (χ4n) is 2.43. The van der Waals surface area contributed by atoms with Crippen LogP contribution in [0.1, 0.15) is 11.1 Å². The lowest BCUT2D eigenvalue weighted by atomic mass is 10.1. The maximum atomic E-state index is 12.7. The first-order chi connectivity index (χ1) is 10.2. The standard InChI is InChI=1S/C15H23N3O3S/c1-12-5-6-14(11-13(12)2)22(20,21)18-9-7-17(8-10-18)15(19)16(3)4/h5-6,11H,7-10H2,1-4H3. The molecule has 2 amide bonds. The summed E-state index contributed by atoms with van der Waals surface area (Å²) in [7, 11) is -0.0990. The minimum absolute atomic E-state index is 0.0803. The molecule has 1 aliphatic heterocycles. The van der Waals surface area contributed by atoms with E-state index in [0.717, 1.165) is 11.1 Å². The number of aryl methyl sites for hydroxylation is 2. The Morgan fingerprint density at radius 1 is 1.05 bits per heavy atom. The summed E-state index contributed by atoms with van der Waals surface area (Å²) < 4.78 is 26.8. The number of nitrogens with zero attached hydrogens (tertiary/aromatic N) is 3. The Labute approximate surface area is 132 Å². The van der Waals surface area contributed by atoms with Crippen molar-refractivity contribution in [1.29, 1.82) is 0 Å². The van der Waals surface area contributed by atoms with Gasteiger partial charge < -0.3 is 9.80 Å². The van der Waals surface area contributed by atoms with Crippen LogP contribution in [-0.4, -0.2) is 68.8 Å². The molecule has 6 nitrogen and oxygen atoms in total. The molecular formula is C15H23N3O3S. The van der Waals surface area contributed by atoms with Crippen molar-refractivity contribution in [3.63, 3.8) is 0 Å². The van der Waals surface area contributed by atoms with E-state index >= 15 is 0 Å². The summed E-state index contributed by atoms with van der Waals surface area (Å²) in [5, 5.41) is 0. The number of benzene rings is 1. The van der Waals surface area contributed by atoms with Crippen molar-refractivity contribution in [2.24, 2.45) is 0 Å². The summed E-state index contributed by atoms with van der Waals surface area (Å²) in [5.41, 5.74) is 2.03. The van der Waals surface area contributed by atoms with Crippen LogP contribution in [0, 0.1) is 13.8 Å². The summed E-state index contributed by atoms with van der Waals surface area (Å²) >= 11 is 0. The van der Waals surface area contributed by atoms with Crippen LogP contribution in [0.4, 0.5) is 4.79 Å². The average molecular weight is 325 g/mol. The highest BCUT2D eigenvalue weighted by atomic mass is 32.2. The second-order valence-corrected chi connectivity index (χ2v) is 7.75. The van der Waals surface area contributed by atoms with E-state index in [0.29, 0.717) is 31.1 Å². The van der Waals surface area contributed by atoms with E-state index in [1.54, 1.807) is 31.1 Å². The molecule has 1 aromatic carbocycles. The number of urea groups is 1. The molecule has 0 radical (unpaired) electrons. The van der Waals surface area contributed by atoms with E-state index in [1.165, 1.54) is 9.21 Å². The Balaban J connectivity index is 2.12. The number of piperazine rings is 1. The zero-order valence-electron chi connectivity index (χ0n) is 13.5. The molecule has 122 valence electrons. The first-order valence-electron chi connectivity index (χ1n) is 7.27. The lowest BCUT2D eigenvalue weighted by molar-refractivity contribution is 0.149. The molecule has 1 aromatic rings. The number of hydrogen-bond acceptors (Lipinski definition) is 3. The van der Waals surface area contributed by atoms with Gasteiger partial charge in [0.2, 0.25) is 10.0 Å². The number of rotatable bonds is 2. The molecular weight excluding hydrogens is 302 g/mol. The van der Waals surface area contributed by atoms with Gasteiger partial charge in [-0.2, -0.15) is 4.31 Å². The molecule has 7 heteroatoms. The quantitative estimate of drug-likeness (QED) is 0.823. The Morgan fingerprint density at radius 3 is 2.14 bits per heavy atom. The van der Waals surface area contributed by atoms with Gasteiger partial charge in [0.25, 0.3) is 0 Å². The molecule has 1 saturated heterocycles. The monoisotopic (exact) mass is 325 g/mol. The molecule has 1 aliphatic rings. The largest absolute Gasteiger partial charge is 0.331 e. The van der Waals surface area contributed by atoms with Gasteiger partial charge in [-0.15, -0.1) is 0 Å². The van der Waals surface area contributed by atoms with Crippen LogP contribution in [0.2, 0.25) is 0 Å². The molecule has 22 heavy (non-hydrogen) atoms. The van der Waals surface area contributed by atoms with Crippen LogP contribution in [0.3, 0.4) is 0 Å². The van der Waals surface area contributed by atoms with Gasteiger partial charge in [-0.05, 0) is 37.1 Å². The van der Waals surface area contributed by atoms with Crippen molar-refractivity contribution in [3.8, 4) is 0 Å². The van der Waals surface area contributed by atoms with E-state index in [9.17, 15) is 13.2 Å². The van der Waals surface area contributed by atoms with Crippen LogP contribution in [0.15, 0.2) is 23.1 Å². The predicted molar refractivity (Wildman–Crippen MR) is 85.3 cm³/mol. The Bertz CT molecular complexity index is 663. The molecule has 1 heterocycles. The van der Waals surface area contributed by atoms with Gasteiger partial charge in [0.05, 0.1) is 4.90 Å².